The summed E-state index contributed by atoms with van der Waals surface area (Å²) in [5, 5.41) is 8.13. The maximum atomic E-state index is 11.5. The van der Waals surface area contributed by atoms with Crippen LogP contribution in [0.4, 0.5) is 0 Å². The standard InChI is InChI=1S/C19H37N3O6/c1-4-16(2)22-19(25)8-10-26-12-14-28-15-13-27-11-9-21-18(24)7-5-6-17(23)20-3/h16H,4-15H2,1-3H3,(H,20,23)(H,21,24)(H,22,25). The topological polar surface area (TPSA) is 115 Å². The molecule has 0 saturated carbocycles. The number of hydrogen-bond acceptors (Lipinski definition) is 6. The monoisotopic (exact) mass is 403 g/mol. The maximum Gasteiger partial charge on any atom is 0.222 e. The van der Waals surface area contributed by atoms with Gasteiger partial charge in [-0.25, -0.2) is 0 Å². The first-order chi connectivity index (χ1) is 13.5. The van der Waals surface area contributed by atoms with E-state index < -0.39 is 0 Å². The van der Waals surface area contributed by atoms with Crippen LogP contribution in [0.5, 0.6) is 0 Å². The molecule has 0 bridgehead atoms. The first-order valence-electron chi connectivity index (χ1n) is 9.99. The average Bonchev–Trinajstić information content (AvgIpc) is 2.68. The number of nitrogens with one attached hydrogen (secondary N) is 3. The Hall–Kier alpha value is -1.71. The Labute approximate surface area is 168 Å². The summed E-state index contributed by atoms with van der Waals surface area (Å²) >= 11 is 0. The van der Waals surface area contributed by atoms with Crippen LogP contribution in [-0.4, -0.2) is 77.0 Å². The fourth-order valence-corrected chi connectivity index (χ4v) is 2.04. The van der Waals surface area contributed by atoms with Crippen molar-refractivity contribution in [3.63, 3.8) is 0 Å². The Kier molecular flexibility index (Phi) is 17.5. The summed E-state index contributed by atoms with van der Waals surface area (Å²) in [5.41, 5.74) is 0. The second kappa shape index (κ2) is 18.6. The van der Waals surface area contributed by atoms with Gasteiger partial charge < -0.3 is 30.2 Å². The van der Waals surface area contributed by atoms with Gasteiger partial charge in [0.2, 0.25) is 17.7 Å². The molecule has 0 aliphatic heterocycles. The smallest absolute Gasteiger partial charge is 0.222 e. The number of carbonyl (C=O) groups is 3. The quantitative estimate of drug-likeness (QED) is 0.285. The van der Waals surface area contributed by atoms with Gasteiger partial charge in [-0.15, -0.1) is 0 Å². The molecule has 0 aliphatic rings. The molecule has 0 fully saturated rings. The van der Waals surface area contributed by atoms with Crippen molar-refractivity contribution < 1.29 is 28.6 Å². The maximum absolute atomic E-state index is 11.5. The van der Waals surface area contributed by atoms with Crippen molar-refractivity contribution in [1.82, 2.24) is 16.0 Å². The van der Waals surface area contributed by atoms with Gasteiger partial charge in [-0.3, -0.25) is 14.4 Å². The summed E-state index contributed by atoms with van der Waals surface area (Å²) in [6.07, 6.45) is 2.48. The van der Waals surface area contributed by atoms with Crippen LogP contribution in [0.2, 0.25) is 0 Å². The van der Waals surface area contributed by atoms with E-state index in [0.717, 1.165) is 6.42 Å². The van der Waals surface area contributed by atoms with Crippen LogP contribution in [0.1, 0.15) is 46.0 Å². The van der Waals surface area contributed by atoms with Crippen molar-refractivity contribution in [2.24, 2.45) is 0 Å². The molecule has 3 N–H and O–H groups in total. The zero-order valence-electron chi connectivity index (χ0n) is 17.5. The zero-order chi connectivity index (χ0) is 21.0. The van der Waals surface area contributed by atoms with Gasteiger partial charge in [-0.1, -0.05) is 6.92 Å². The van der Waals surface area contributed by atoms with Gasteiger partial charge >= 0.3 is 0 Å². The predicted octanol–water partition coefficient (Wildman–Crippen LogP) is 0.374. The summed E-state index contributed by atoms with van der Waals surface area (Å²) in [4.78, 5) is 34.1. The molecule has 0 saturated heterocycles. The molecule has 9 heteroatoms. The molecule has 3 amide bonds. The van der Waals surface area contributed by atoms with Crippen LogP contribution in [0.25, 0.3) is 0 Å². The van der Waals surface area contributed by atoms with Crippen LogP contribution >= 0.6 is 0 Å². The van der Waals surface area contributed by atoms with E-state index in [0.29, 0.717) is 71.9 Å². The van der Waals surface area contributed by atoms with Gasteiger partial charge in [0.25, 0.3) is 0 Å². The highest BCUT2D eigenvalue weighted by Gasteiger charge is 2.05. The number of amides is 3. The highest BCUT2D eigenvalue weighted by molar-refractivity contribution is 5.78. The van der Waals surface area contributed by atoms with Crippen LogP contribution < -0.4 is 16.0 Å². The van der Waals surface area contributed by atoms with Crippen molar-refractivity contribution in [3.05, 3.63) is 0 Å². The Morgan fingerprint density at radius 3 is 1.96 bits per heavy atom. The van der Waals surface area contributed by atoms with Crippen LogP contribution in [-0.2, 0) is 28.6 Å². The van der Waals surface area contributed by atoms with Crippen molar-refractivity contribution in [3.8, 4) is 0 Å². The third-order valence-electron chi connectivity index (χ3n) is 3.89. The Morgan fingerprint density at radius 2 is 1.36 bits per heavy atom. The molecular weight excluding hydrogens is 366 g/mol. The molecule has 0 aromatic carbocycles. The van der Waals surface area contributed by atoms with Gasteiger partial charge in [0.05, 0.1) is 39.6 Å². The van der Waals surface area contributed by atoms with E-state index in [1.807, 2.05) is 13.8 Å². The van der Waals surface area contributed by atoms with E-state index >= 15 is 0 Å². The van der Waals surface area contributed by atoms with Crippen molar-refractivity contribution in [2.45, 2.75) is 52.0 Å². The molecular formula is C19H37N3O6. The summed E-state index contributed by atoms with van der Waals surface area (Å²) in [6.45, 7) is 6.97. The first-order valence-corrected chi connectivity index (χ1v) is 9.99. The lowest BCUT2D eigenvalue weighted by Crippen LogP contribution is -2.32. The van der Waals surface area contributed by atoms with E-state index in [2.05, 4.69) is 16.0 Å². The fourth-order valence-electron chi connectivity index (χ4n) is 2.04. The molecule has 1 unspecified atom stereocenters. The van der Waals surface area contributed by atoms with Gasteiger partial charge in [-0.05, 0) is 19.8 Å². The van der Waals surface area contributed by atoms with E-state index in [-0.39, 0.29) is 23.8 Å². The van der Waals surface area contributed by atoms with E-state index in [9.17, 15) is 14.4 Å². The molecule has 0 aromatic heterocycles. The Balaban J connectivity index is 3.28. The highest BCUT2D eigenvalue weighted by atomic mass is 16.5. The van der Waals surface area contributed by atoms with Crippen LogP contribution in [0.15, 0.2) is 0 Å². The molecule has 0 rings (SSSR count). The number of rotatable bonds is 18. The lowest BCUT2D eigenvalue weighted by atomic mass is 10.2. The molecule has 9 nitrogen and oxygen atoms in total. The Bertz CT molecular complexity index is 434. The lowest BCUT2D eigenvalue weighted by molar-refractivity contribution is -0.124. The molecule has 1 atom stereocenters. The average molecular weight is 404 g/mol. The van der Waals surface area contributed by atoms with E-state index in [1.165, 1.54) is 0 Å². The third-order valence-corrected chi connectivity index (χ3v) is 3.89. The van der Waals surface area contributed by atoms with Gasteiger partial charge in [0.15, 0.2) is 0 Å². The third kappa shape index (κ3) is 17.7. The first kappa shape index (κ1) is 26.3. The fraction of sp³-hybridized carbons (Fsp3) is 0.842. The lowest BCUT2D eigenvalue weighted by Gasteiger charge is -2.11. The summed E-state index contributed by atoms with van der Waals surface area (Å²) < 4.78 is 16.1. The van der Waals surface area contributed by atoms with Crippen molar-refractivity contribution in [1.29, 1.82) is 0 Å². The minimum absolute atomic E-state index is 0.00205. The predicted molar refractivity (Wildman–Crippen MR) is 106 cm³/mol. The van der Waals surface area contributed by atoms with Crippen molar-refractivity contribution in [2.75, 3.05) is 53.2 Å². The minimum Gasteiger partial charge on any atom is -0.379 e. The van der Waals surface area contributed by atoms with Crippen molar-refractivity contribution >= 4 is 17.7 Å². The van der Waals surface area contributed by atoms with Crippen LogP contribution in [0.3, 0.4) is 0 Å². The van der Waals surface area contributed by atoms with E-state index in [1.54, 1.807) is 7.05 Å². The van der Waals surface area contributed by atoms with Gasteiger partial charge in [0, 0.05) is 38.9 Å². The highest BCUT2D eigenvalue weighted by Crippen LogP contribution is 1.95. The molecule has 0 spiro atoms. The molecule has 0 heterocycles. The summed E-state index contributed by atoms with van der Waals surface area (Å²) in [7, 11) is 1.58. The molecule has 0 radical (unpaired) electrons. The largest absolute Gasteiger partial charge is 0.379 e. The van der Waals surface area contributed by atoms with Crippen LogP contribution in [0, 0.1) is 0 Å². The number of carbonyl (C=O) groups excluding carboxylic acids is 3. The molecule has 164 valence electrons. The molecule has 0 aliphatic carbocycles. The number of ether oxygens (including phenoxy) is 3. The summed E-state index contributed by atoms with van der Waals surface area (Å²) in [6, 6.07) is 0.193. The molecule has 0 aromatic rings. The second-order valence-electron chi connectivity index (χ2n) is 6.34. The number of hydrogen-bond donors (Lipinski definition) is 3. The SMILES string of the molecule is CCC(C)NC(=O)CCOCCOCCOCCNC(=O)CCCC(=O)NC. The van der Waals surface area contributed by atoms with Gasteiger partial charge in [-0.2, -0.15) is 0 Å². The minimum atomic E-state index is -0.0845. The Morgan fingerprint density at radius 1 is 0.786 bits per heavy atom. The summed E-state index contributed by atoms with van der Waals surface area (Å²) in [5.74, 6) is -0.144. The van der Waals surface area contributed by atoms with E-state index in [4.69, 9.17) is 14.2 Å². The molecule has 28 heavy (non-hydrogen) atoms. The zero-order valence-corrected chi connectivity index (χ0v) is 17.5. The normalized spacial score (nSPS) is 11.7. The second-order valence-corrected chi connectivity index (χ2v) is 6.34. The van der Waals surface area contributed by atoms with Gasteiger partial charge in [0.1, 0.15) is 0 Å².